The van der Waals surface area contributed by atoms with Crippen molar-refractivity contribution in [1.29, 1.82) is 0 Å². The fourth-order valence-electron chi connectivity index (χ4n) is 2.19. The average Bonchev–Trinajstić information content (AvgIpc) is 2.67. The van der Waals surface area contributed by atoms with Crippen LogP contribution in [0.1, 0.15) is 36.4 Å². The van der Waals surface area contributed by atoms with E-state index in [0.29, 0.717) is 6.04 Å². The van der Waals surface area contributed by atoms with Crippen molar-refractivity contribution in [3.63, 3.8) is 0 Å². The van der Waals surface area contributed by atoms with Gasteiger partial charge >= 0.3 is 0 Å². The van der Waals surface area contributed by atoms with Gasteiger partial charge in [-0.25, -0.2) is 4.68 Å². The summed E-state index contributed by atoms with van der Waals surface area (Å²) in [5, 5.41) is 8.02. The first-order valence-electron chi connectivity index (χ1n) is 6.84. The molecule has 19 heavy (non-hydrogen) atoms. The maximum absolute atomic E-state index is 4.57. The summed E-state index contributed by atoms with van der Waals surface area (Å²) in [6.45, 7) is 11.5. The zero-order valence-corrected chi connectivity index (χ0v) is 12.5. The lowest BCUT2D eigenvalue weighted by Gasteiger charge is -2.12. The molecule has 0 aliphatic rings. The largest absolute Gasteiger partial charge is 0.310 e. The SMILES string of the molecule is Cc1cc(C)n(-c2cc(CNC(C)C)ccc2C)n1. The fraction of sp³-hybridized carbons (Fsp3) is 0.438. The van der Waals surface area contributed by atoms with Gasteiger partial charge in [-0.1, -0.05) is 26.0 Å². The van der Waals surface area contributed by atoms with E-state index in [1.165, 1.54) is 22.5 Å². The monoisotopic (exact) mass is 257 g/mol. The molecular formula is C16H23N3. The van der Waals surface area contributed by atoms with Gasteiger partial charge < -0.3 is 5.32 Å². The summed E-state index contributed by atoms with van der Waals surface area (Å²) in [6.07, 6.45) is 0. The van der Waals surface area contributed by atoms with Crippen molar-refractivity contribution < 1.29 is 0 Å². The fourth-order valence-corrected chi connectivity index (χ4v) is 2.19. The lowest BCUT2D eigenvalue weighted by atomic mass is 10.1. The van der Waals surface area contributed by atoms with Gasteiger partial charge in [-0.2, -0.15) is 5.10 Å². The van der Waals surface area contributed by atoms with Gasteiger partial charge in [-0.15, -0.1) is 0 Å². The Hall–Kier alpha value is -1.61. The zero-order chi connectivity index (χ0) is 14.0. The molecule has 1 N–H and O–H groups in total. The van der Waals surface area contributed by atoms with Crippen LogP contribution in [0, 0.1) is 20.8 Å². The highest BCUT2D eigenvalue weighted by atomic mass is 15.3. The van der Waals surface area contributed by atoms with Crippen molar-refractivity contribution in [2.45, 2.75) is 47.2 Å². The Bertz CT molecular complexity index is 567. The van der Waals surface area contributed by atoms with Crippen LogP contribution in [-0.2, 0) is 6.54 Å². The molecule has 3 nitrogen and oxygen atoms in total. The second-order valence-corrected chi connectivity index (χ2v) is 5.50. The van der Waals surface area contributed by atoms with Crippen LogP contribution in [0.4, 0.5) is 0 Å². The van der Waals surface area contributed by atoms with E-state index in [0.717, 1.165) is 12.2 Å². The first-order chi connectivity index (χ1) is 8.97. The third-order valence-corrected chi connectivity index (χ3v) is 3.23. The van der Waals surface area contributed by atoms with E-state index in [1.54, 1.807) is 0 Å². The Labute approximate surface area is 115 Å². The number of nitrogens with zero attached hydrogens (tertiary/aromatic N) is 2. The van der Waals surface area contributed by atoms with Gasteiger partial charge in [0.2, 0.25) is 0 Å². The number of rotatable bonds is 4. The zero-order valence-electron chi connectivity index (χ0n) is 12.5. The van der Waals surface area contributed by atoms with Gasteiger partial charge in [-0.05, 0) is 44.0 Å². The summed E-state index contributed by atoms with van der Waals surface area (Å²) in [4.78, 5) is 0. The number of hydrogen-bond donors (Lipinski definition) is 1. The van der Waals surface area contributed by atoms with Crippen LogP contribution in [0.25, 0.3) is 5.69 Å². The minimum Gasteiger partial charge on any atom is -0.310 e. The molecule has 1 aromatic carbocycles. The Morgan fingerprint density at radius 1 is 1.16 bits per heavy atom. The van der Waals surface area contributed by atoms with Crippen molar-refractivity contribution in [2.24, 2.45) is 0 Å². The predicted octanol–water partition coefficient (Wildman–Crippen LogP) is 3.30. The molecular weight excluding hydrogens is 234 g/mol. The van der Waals surface area contributed by atoms with Crippen LogP contribution in [0.3, 0.4) is 0 Å². The number of nitrogens with one attached hydrogen (secondary N) is 1. The Balaban J connectivity index is 2.34. The summed E-state index contributed by atoms with van der Waals surface area (Å²) >= 11 is 0. The molecule has 3 heteroatoms. The molecule has 1 heterocycles. The van der Waals surface area contributed by atoms with Crippen LogP contribution in [-0.4, -0.2) is 15.8 Å². The second kappa shape index (κ2) is 5.57. The molecule has 0 amide bonds. The maximum atomic E-state index is 4.57. The molecule has 1 aromatic heterocycles. The molecule has 0 spiro atoms. The summed E-state index contributed by atoms with van der Waals surface area (Å²) in [5.74, 6) is 0. The quantitative estimate of drug-likeness (QED) is 0.911. The topological polar surface area (TPSA) is 29.9 Å². The Kier molecular flexibility index (Phi) is 4.05. The van der Waals surface area contributed by atoms with Crippen molar-refractivity contribution in [2.75, 3.05) is 0 Å². The summed E-state index contributed by atoms with van der Waals surface area (Å²) in [6, 6.07) is 9.18. The average molecular weight is 257 g/mol. The molecule has 0 aliphatic heterocycles. The van der Waals surface area contributed by atoms with Crippen LogP contribution < -0.4 is 5.32 Å². The summed E-state index contributed by atoms with van der Waals surface area (Å²) in [5.41, 5.74) is 5.95. The molecule has 0 saturated heterocycles. The first kappa shape index (κ1) is 13.8. The predicted molar refractivity (Wildman–Crippen MR) is 79.8 cm³/mol. The number of aryl methyl sites for hydroxylation is 3. The molecule has 0 aliphatic carbocycles. The van der Waals surface area contributed by atoms with Gasteiger partial charge in [0.15, 0.2) is 0 Å². The van der Waals surface area contributed by atoms with Crippen molar-refractivity contribution in [1.82, 2.24) is 15.1 Å². The van der Waals surface area contributed by atoms with Crippen molar-refractivity contribution >= 4 is 0 Å². The molecule has 2 aromatic rings. The number of hydrogen-bond acceptors (Lipinski definition) is 2. The van der Waals surface area contributed by atoms with Gasteiger partial charge in [0.25, 0.3) is 0 Å². The highest BCUT2D eigenvalue weighted by Gasteiger charge is 2.07. The lowest BCUT2D eigenvalue weighted by molar-refractivity contribution is 0.588. The first-order valence-corrected chi connectivity index (χ1v) is 6.84. The molecule has 0 fully saturated rings. The third-order valence-electron chi connectivity index (χ3n) is 3.23. The van der Waals surface area contributed by atoms with Gasteiger partial charge in [0.05, 0.1) is 11.4 Å². The van der Waals surface area contributed by atoms with E-state index in [1.807, 2.05) is 11.6 Å². The van der Waals surface area contributed by atoms with Gasteiger partial charge in [0, 0.05) is 18.3 Å². The van der Waals surface area contributed by atoms with Crippen LogP contribution in [0.2, 0.25) is 0 Å². The Morgan fingerprint density at radius 2 is 1.89 bits per heavy atom. The minimum atomic E-state index is 0.499. The summed E-state index contributed by atoms with van der Waals surface area (Å²) < 4.78 is 2.03. The Morgan fingerprint density at radius 3 is 2.47 bits per heavy atom. The van der Waals surface area contributed by atoms with E-state index in [4.69, 9.17) is 0 Å². The van der Waals surface area contributed by atoms with Crippen molar-refractivity contribution in [3.05, 3.63) is 46.8 Å². The highest BCUT2D eigenvalue weighted by molar-refractivity contribution is 5.44. The van der Waals surface area contributed by atoms with Gasteiger partial charge in [0.1, 0.15) is 0 Å². The number of aromatic nitrogens is 2. The smallest absolute Gasteiger partial charge is 0.0681 e. The van der Waals surface area contributed by atoms with E-state index >= 15 is 0 Å². The lowest BCUT2D eigenvalue weighted by Crippen LogP contribution is -2.22. The molecule has 0 saturated carbocycles. The van der Waals surface area contributed by atoms with Crippen LogP contribution in [0.15, 0.2) is 24.3 Å². The molecule has 2 rings (SSSR count). The molecule has 0 atom stereocenters. The van der Waals surface area contributed by atoms with Crippen LogP contribution >= 0.6 is 0 Å². The minimum absolute atomic E-state index is 0.499. The van der Waals surface area contributed by atoms with Crippen molar-refractivity contribution in [3.8, 4) is 5.69 Å². The highest BCUT2D eigenvalue weighted by Crippen LogP contribution is 2.18. The second-order valence-electron chi connectivity index (χ2n) is 5.50. The van der Waals surface area contributed by atoms with Crippen LogP contribution in [0.5, 0.6) is 0 Å². The molecule has 0 unspecified atom stereocenters. The van der Waals surface area contributed by atoms with Gasteiger partial charge in [-0.3, -0.25) is 0 Å². The third kappa shape index (κ3) is 3.24. The summed E-state index contributed by atoms with van der Waals surface area (Å²) in [7, 11) is 0. The number of benzene rings is 1. The maximum Gasteiger partial charge on any atom is 0.0681 e. The molecule has 0 bridgehead atoms. The van der Waals surface area contributed by atoms with E-state index in [2.05, 4.69) is 62.4 Å². The molecule has 0 radical (unpaired) electrons. The molecule has 102 valence electrons. The van der Waals surface area contributed by atoms with E-state index in [-0.39, 0.29) is 0 Å². The van der Waals surface area contributed by atoms with E-state index in [9.17, 15) is 0 Å². The van der Waals surface area contributed by atoms with E-state index < -0.39 is 0 Å². The standard InChI is InChI=1S/C16H23N3/c1-11(2)17-10-15-7-6-12(3)16(9-15)19-14(5)8-13(4)18-19/h6-9,11,17H,10H2,1-5H3. The normalized spacial score (nSPS) is 11.3.